The fourth-order valence-corrected chi connectivity index (χ4v) is 4.28. The first kappa shape index (κ1) is 17.7. The van der Waals surface area contributed by atoms with Crippen molar-refractivity contribution in [2.24, 2.45) is 4.99 Å². The molecule has 1 atom stereocenters. The van der Waals surface area contributed by atoms with Crippen molar-refractivity contribution in [3.8, 4) is 0 Å². The summed E-state index contributed by atoms with van der Waals surface area (Å²) in [5.41, 5.74) is 3.30. The van der Waals surface area contributed by atoms with Gasteiger partial charge in [-0.15, -0.1) is 0 Å². The van der Waals surface area contributed by atoms with Crippen LogP contribution >= 0.6 is 11.8 Å². The van der Waals surface area contributed by atoms with Crippen LogP contribution in [0.4, 0.5) is 5.69 Å². The molecule has 1 fully saturated rings. The quantitative estimate of drug-likeness (QED) is 0.761. The molecule has 2 aromatic rings. The van der Waals surface area contributed by atoms with Crippen LogP contribution in [0.3, 0.4) is 0 Å². The lowest BCUT2D eigenvalue weighted by atomic mass is 10.1. The van der Waals surface area contributed by atoms with Crippen LogP contribution in [0, 0.1) is 6.92 Å². The molecule has 1 aliphatic rings. The number of nitrogens with zero attached hydrogens (tertiary/aromatic N) is 2. The van der Waals surface area contributed by atoms with Crippen LogP contribution in [0.1, 0.15) is 30.9 Å². The molecule has 130 valence electrons. The van der Waals surface area contributed by atoms with E-state index in [9.17, 15) is 4.79 Å². The van der Waals surface area contributed by atoms with Crippen LogP contribution in [-0.2, 0) is 11.2 Å². The molecule has 3 rings (SSSR count). The molecule has 1 aliphatic heterocycles. The molecule has 4 heteroatoms. The van der Waals surface area contributed by atoms with Gasteiger partial charge >= 0.3 is 0 Å². The molecule has 3 nitrogen and oxygen atoms in total. The molecule has 0 spiro atoms. The van der Waals surface area contributed by atoms with E-state index in [1.165, 1.54) is 11.1 Å². The smallest absolute Gasteiger partial charge is 0.229 e. The minimum Gasteiger partial charge on any atom is -0.287 e. The van der Waals surface area contributed by atoms with E-state index in [-0.39, 0.29) is 11.9 Å². The van der Waals surface area contributed by atoms with E-state index in [0.717, 1.165) is 29.4 Å². The summed E-state index contributed by atoms with van der Waals surface area (Å²) in [5.74, 6) is 1.10. The molecule has 0 unspecified atom stereocenters. The average molecular weight is 353 g/mol. The highest BCUT2D eigenvalue weighted by molar-refractivity contribution is 8.14. The molecule has 1 heterocycles. The number of carbonyl (C=O) groups is 1. The van der Waals surface area contributed by atoms with Gasteiger partial charge in [-0.05, 0) is 43.0 Å². The lowest BCUT2D eigenvalue weighted by molar-refractivity contribution is -0.128. The number of aryl methyl sites for hydroxylation is 2. The van der Waals surface area contributed by atoms with Gasteiger partial charge in [-0.25, -0.2) is 4.99 Å². The van der Waals surface area contributed by atoms with Crippen LogP contribution in [0.5, 0.6) is 0 Å². The second-order valence-electron chi connectivity index (χ2n) is 6.36. The zero-order chi connectivity index (χ0) is 17.6. The van der Waals surface area contributed by atoms with E-state index in [2.05, 4.69) is 38.1 Å². The summed E-state index contributed by atoms with van der Waals surface area (Å²) >= 11 is 1.69. The van der Waals surface area contributed by atoms with E-state index in [0.29, 0.717) is 6.42 Å². The first-order valence-electron chi connectivity index (χ1n) is 8.81. The molecule has 0 aliphatic carbocycles. The molecular formula is C21H24N2OS. The molecule has 0 aromatic heterocycles. The second-order valence-corrected chi connectivity index (χ2v) is 7.34. The van der Waals surface area contributed by atoms with Gasteiger partial charge in [-0.3, -0.25) is 9.69 Å². The SMILES string of the molecule is CC[C@H]1CSC(=Nc2cccc(C)c2)N1C(=O)CCc1ccccc1. The van der Waals surface area contributed by atoms with E-state index < -0.39 is 0 Å². The summed E-state index contributed by atoms with van der Waals surface area (Å²) in [6.07, 6.45) is 2.25. The van der Waals surface area contributed by atoms with Crippen LogP contribution in [0.2, 0.25) is 0 Å². The highest BCUT2D eigenvalue weighted by atomic mass is 32.2. The lowest BCUT2D eigenvalue weighted by Crippen LogP contribution is -2.39. The van der Waals surface area contributed by atoms with Gasteiger partial charge in [-0.2, -0.15) is 0 Å². The van der Waals surface area contributed by atoms with E-state index in [1.54, 1.807) is 11.8 Å². The summed E-state index contributed by atoms with van der Waals surface area (Å²) in [4.78, 5) is 19.6. The number of amidine groups is 1. The number of benzene rings is 2. The van der Waals surface area contributed by atoms with Crippen LogP contribution in [0.15, 0.2) is 59.6 Å². The van der Waals surface area contributed by atoms with E-state index >= 15 is 0 Å². The Morgan fingerprint density at radius 2 is 2.00 bits per heavy atom. The molecule has 1 saturated heterocycles. The molecule has 0 bridgehead atoms. The maximum absolute atomic E-state index is 12.9. The molecule has 0 radical (unpaired) electrons. The predicted octanol–water partition coefficient (Wildman–Crippen LogP) is 4.97. The van der Waals surface area contributed by atoms with Crippen molar-refractivity contribution in [3.05, 3.63) is 65.7 Å². The molecule has 25 heavy (non-hydrogen) atoms. The van der Waals surface area contributed by atoms with E-state index in [1.807, 2.05) is 35.2 Å². The molecule has 0 N–H and O–H groups in total. The fourth-order valence-electron chi connectivity index (χ4n) is 2.99. The zero-order valence-corrected chi connectivity index (χ0v) is 15.6. The van der Waals surface area contributed by atoms with Crippen molar-refractivity contribution < 1.29 is 4.79 Å². The van der Waals surface area contributed by atoms with Crippen LogP contribution in [0.25, 0.3) is 0 Å². The maximum atomic E-state index is 12.9. The summed E-state index contributed by atoms with van der Waals surface area (Å²) < 4.78 is 0. The molecule has 2 aromatic carbocycles. The van der Waals surface area contributed by atoms with Gasteiger partial charge in [0.15, 0.2) is 5.17 Å². The zero-order valence-electron chi connectivity index (χ0n) is 14.8. The molecule has 0 saturated carbocycles. The van der Waals surface area contributed by atoms with Gasteiger partial charge in [0.2, 0.25) is 5.91 Å². The number of hydrogen-bond acceptors (Lipinski definition) is 3. The number of hydrogen-bond donors (Lipinski definition) is 0. The standard InChI is InChI=1S/C21H24N2OS/c1-3-19-15-25-21(22-18-11-7-8-16(2)14-18)23(19)20(24)13-12-17-9-5-4-6-10-17/h4-11,14,19H,3,12-13,15H2,1-2H3/t19-/m0/s1. The number of aliphatic imine (C=N–C) groups is 1. The van der Waals surface area contributed by atoms with Crippen LogP contribution < -0.4 is 0 Å². The Hall–Kier alpha value is -2.07. The number of carbonyl (C=O) groups excluding carboxylic acids is 1. The lowest BCUT2D eigenvalue weighted by Gasteiger charge is -2.23. The summed E-state index contributed by atoms with van der Waals surface area (Å²) in [5, 5.41) is 0.843. The van der Waals surface area contributed by atoms with Gasteiger partial charge < -0.3 is 0 Å². The third kappa shape index (κ3) is 4.51. The summed E-state index contributed by atoms with van der Waals surface area (Å²) in [7, 11) is 0. The Morgan fingerprint density at radius 1 is 1.20 bits per heavy atom. The summed E-state index contributed by atoms with van der Waals surface area (Å²) in [6.45, 7) is 4.20. The number of thioether (sulfide) groups is 1. The van der Waals surface area contributed by atoms with Gasteiger partial charge in [0.05, 0.1) is 5.69 Å². The predicted molar refractivity (Wildman–Crippen MR) is 106 cm³/mol. The van der Waals surface area contributed by atoms with Crippen LogP contribution in [-0.4, -0.2) is 27.8 Å². The Labute approximate surface area is 154 Å². The topological polar surface area (TPSA) is 32.7 Å². The van der Waals surface area contributed by atoms with Crippen molar-refractivity contribution in [3.63, 3.8) is 0 Å². The average Bonchev–Trinajstić information content (AvgIpc) is 3.03. The Morgan fingerprint density at radius 3 is 2.72 bits per heavy atom. The third-order valence-corrected chi connectivity index (χ3v) is 5.51. The van der Waals surface area contributed by atoms with Gasteiger partial charge in [0.25, 0.3) is 0 Å². The Balaban J connectivity index is 1.76. The first-order chi connectivity index (χ1) is 12.2. The highest BCUT2D eigenvalue weighted by Gasteiger charge is 2.33. The Kier molecular flexibility index (Phi) is 5.92. The number of amides is 1. The third-order valence-electron chi connectivity index (χ3n) is 4.41. The van der Waals surface area contributed by atoms with Crippen molar-refractivity contribution in [1.82, 2.24) is 4.90 Å². The maximum Gasteiger partial charge on any atom is 0.229 e. The van der Waals surface area contributed by atoms with E-state index in [4.69, 9.17) is 4.99 Å². The van der Waals surface area contributed by atoms with Gasteiger partial charge in [0, 0.05) is 18.2 Å². The monoisotopic (exact) mass is 352 g/mol. The minimum absolute atomic E-state index is 0.173. The first-order valence-corrected chi connectivity index (χ1v) is 9.80. The van der Waals surface area contributed by atoms with Crippen molar-refractivity contribution in [2.45, 2.75) is 39.2 Å². The van der Waals surface area contributed by atoms with Crippen molar-refractivity contribution >= 4 is 28.5 Å². The Bertz CT molecular complexity index is 758. The van der Waals surface area contributed by atoms with Crippen molar-refractivity contribution in [1.29, 1.82) is 0 Å². The molecule has 1 amide bonds. The number of rotatable bonds is 5. The minimum atomic E-state index is 0.173. The normalized spacial score (nSPS) is 18.7. The largest absolute Gasteiger partial charge is 0.287 e. The summed E-state index contributed by atoms with van der Waals surface area (Å²) in [6, 6.07) is 18.5. The molecular weight excluding hydrogens is 328 g/mol. The second kappa shape index (κ2) is 8.34. The van der Waals surface area contributed by atoms with Gasteiger partial charge in [0.1, 0.15) is 0 Å². The van der Waals surface area contributed by atoms with Crippen molar-refractivity contribution in [2.75, 3.05) is 5.75 Å². The highest BCUT2D eigenvalue weighted by Crippen LogP contribution is 2.29. The van der Waals surface area contributed by atoms with Gasteiger partial charge in [-0.1, -0.05) is 61.2 Å². The fraction of sp³-hybridized carbons (Fsp3) is 0.333.